The lowest BCUT2D eigenvalue weighted by Gasteiger charge is -2.27. The third-order valence-electron chi connectivity index (χ3n) is 2.63. The van der Waals surface area contributed by atoms with Crippen LogP contribution in [0, 0.1) is 5.92 Å². The predicted molar refractivity (Wildman–Crippen MR) is 54.5 cm³/mol. The lowest BCUT2D eigenvalue weighted by Crippen LogP contribution is -2.38. The van der Waals surface area contributed by atoms with Crippen molar-refractivity contribution in [2.45, 2.75) is 19.0 Å². The van der Waals surface area contributed by atoms with Crippen LogP contribution < -0.4 is 5.32 Å². The highest BCUT2D eigenvalue weighted by molar-refractivity contribution is 6.41. The zero-order chi connectivity index (χ0) is 11.7. The van der Waals surface area contributed by atoms with Crippen LogP contribution in [0.15, 0.2) is 12.3 Å². The van der Waals surface area contributed by atoms with Gasteiger partial charge in [-0.25, -0.2) is 4.39 Å². The van der Waals surface area contributed by atoms with Crippen molar-refractivity contribution < 1.29 is 14.0 Å². The molecule has 0 saturated heterocycles. The molecule has 5 nitrogen and oxygen atoms in total. The highest BCUT2D eigenvalue weighted by atomic mass is 19.1. The number of aryl methyl sites for hydroxylation is 1. The summed E-state index contributed by atoms with van der Waals surface area (Å²) in [6.45, 7) is 0. The quantitative estimate of drug-likeness (QED) is 0.769. The van der Waals surface area contributed by atoms with Gasteiger partial charge in [-0.05, 0) is 12.8 Å². The van der Waals surface area contributed by atoms with E-state index in [1.165, 1.54) is 4.68 Å². The smallest absolute Gasteiger partial charge is 0.293 e. The van der Waals surface area contributed by atoms with Gasteiger partial charge in [0.15, 0.2) is 5.82 Å². The molecule has 1 aliphatic rings. The molecule has 1 fully saturated rings. The van der Waals surface area contributed by atoms with Crippen molar-refractivity contribution in [3.8, 4) is 0 Å². The fourth-order valence-corrected chi connectivity index (χ4v) is 1.61. The van der Waals surface area contributed by atoms with Gasteiger partial charge in [-0.15, -0.1) is 0 Å². The maximum absolute atomic E-state index is 12.5. The number of aromatic nitrogens is 2. The molecular formula is C10H12FN3O2. The zero-order valence-electron chi connectivity index (χ0n) is 8.81. The van der Waals surface area contributed by atoms with E-state index in [0.29, 0.717) is 5.82 Å². The molecule has 1 amide bonds. The minimum Gasteiger partial charge on any atom is -0.303 e. The number of halogens is 1. The summed E-state index contributed by atoms with van der Waals surface area (Å²) in [5.74, 6) is -1.40. The second-order valence-corrected chi connectivity index (χ2v) is 3.96. The Bertz CT molecular complexity index is 423. The number of hydrogen-bond donors (Lipinski definition) is 1. The van der Waals surface area contributed by atoms with Crippen molar-refractivity contribution in [2.75, 3.05) is 5.32 Å². The molecule has 0 radical (unpaired) electrons. The summed E-state index contributed by atoms with van der Waals surface area (Å²) in [6.07, 6.45) is 1.04. The number of ketones is 1. The number of carbonyl (C=O) groups excluding carboxylic acids is 2. The van der Waals surface area contributed by atoms with E-state index < -0.39 is 23.8 Å². The SMILES string of the molecule is Cn1ccc(NC(=O)C(=O)C2CC(F)C2)n1. The van der Waals surface area contributed by atoms with E-state index >= 15 is 0 Å². The van der Waals surface area contributed by atoms with Gasteiger partial charge in [-0.1, -0.05) is 0 Å². The first-order chi connectivity index (χ1) is 7.56. The maximum atomic E-state index is 12.5. The monoisotopic (exact) mass is 225 g/mol. The van der Waals surface area contributed by atoms with Gasteiger partial charge in [0.2, 0.25) is 5.78 Å². The summed E-state index contributed by atoms with van der Waals surface area (Å²) in [5.41, 5.74) is 0. The lowest BCUT2D eigenvalue weighted by atomic mass is 9.80. The maximum Gasteiger partial charge on any atom is 0.293 e. The van der Waals surface area contributed by atoms with Crippen molar-refractivity contribution in [3.05, 3.63) is 12.3 Å². The summed E-state index contributed by atoms with van der Waals surface area (Å²) < 4.78 is 14.0. The number of hydrogen-bond acceptors (Lipinski definition) is 3. The van der Waals surface area contributed by atoms with E-state index in [2.05, 4.69) is 10.4 Å². The molecule has 16 heavy (non-hydrogen) atoms. The normalized spacial score (nSPS) is 23.6. The Morgan fingerprint density at radius 2 is 2.25 bits per heavy atom. The van der Waals surface area contributed by atoms with Crippen molar-refractivity contribution in [1.29, 1.82) is 0 Å². The first-order valence-electron chi connectivity index (χ1n) is 5.05. The van der Waals surface area contributed by atoms with Gasteiger partial charge < -0.3 is 5.32 Å². The van der Waals surface area contributed by atoms with Crippen molar-refractivity contribution in [2.24, 2.45) is 13.0 Å². The van der Waals surface area contributed by atoms with Crippen LogP contribution in [-0.2, 0) is 16.6 Å². The first-order valence-corrected chi connectivity index (χ1v) is 5.05. The topological polar surface area (TPSA) is 64.0 Å². The Morgan fingerprint density at radius 1 is 1.56 bits per heavy atom. The van der Waals surface area contributed by atoms with Gasteiger partial charge >= 0.3 is 0 Å². The van der Waals surface area contributed by atoms with E-state index in [1.54, 1.807) is 19.3 Å². The van der Waals surface area contributed by atoms with Gasteiger partial charge in [-0.3, -0.25) is 14.3 Å². The number of nitrogens with zero attached hydrogens (tertiary/aromatic N) is 2. The molecule has 1 saturated carbocycles. The standard InChI is InChI=1S/C10H12FN3O2/c1-14-3-2-8(13-14)12-10(16)9(15)6-4-7(11)5-6/h2-3,6-7H,4-5H2,1H3,(H,12,13,16). The van der Waals surface area contributed by atoms with Gasteiger partial charge in [-0.2, -0.15) is 5.10 Å². The number of alkyl halides is 1. The van der Waals surface area contributed by atoms with Crippen LogP contribution in [0.2, 0.25) is 0 Å². The number of amides is 1. The lowest BCUT2D eigenvalue weighted by molar-refractivity contribution is -0.140. The number of rotatable bonds is 3. The molecule has 86 valence electrons. The molecule has 2 rings (SSSR count). The number of anilines is 1. The summed E-state index contributed by atoms with van der Waals surface area (Å²) in [5, 5.41) is 6.29. The summed E-state index contributed by atoms with van der Waals surface area (Å²) in [4.78, 5) is 22.9. The molecule has 1 aliphatic carbocycles. The number of carbonyl (C=O) groups is 2. The zero-order valence-corrected chi connectivity index (χ0v) is 8.81. The summed E-state index contributed by atoms with van der Waals surface area (Å²) in [6, 6.07) is 1.59. The molecule has 0 unspecified atom stereocenters. The Kier molecular flexibility index (Phi) is 2.72. The first kappa shape index (κ1) is 10.8. The van der Waals surface area contributed by atoms with Crippen LogP contribution in [0.3, 0.4) is 0 Å². The molecule has 0 bridgehead atoms. The highest BCUT2D eigenvalue weighted by Gasteiger charge is 2.37. The van der Waals surface area contributed by atoms with Crippen LogP contribution in [0.1, 0.15) is 12.8 Å². The summed E-state index contributed by atoms with van der Waals surface area (Å²) in [7, 11) is 1.71. The molecule has 0 aromatic carbocycles. The second-order valence-electron chi connectivity index (χ2n) is 3.96. The molecule has 1 heterocycles. The number of Topliss-reactive ketones (excluding diaryl/α,β-unsaturated/α-hetero) is 1. The van der Waals surface area contributed by atoms with E-state index in [4.69, 9.17) is 0 Å². The molecule has 0 atom stereocenters. The minimum absolute atomic E-state index is 0.161. The van der Waals surface area contributed by atoms with Crippen LogP contribution in [0.25, 0.3) is 0 Å². The Hall–Kier alpha value is -1.72. The van der Waals surface area contributed by atoms with E-state index in [-0.39, 0.29) is 12.8 Å². The van der Waals surface area contributed by atoms with Gasteiger partial charge in [0.05, 0.1) is 0 Å². The van der Waals surface area contributed by atoms with Crippen LogP contribution >= 0.6 is 0 Å². The van der Waals surface area contributed by atoms with Crippen molar-refractivity contribution >= 4 is 17.5 Å². The van der Waals surface area contributed by atoms with E-state index in [9.17, 15) is 14.0 Å². The van der Waals surface area contributed by atoms with Crippen LogP contribution in [-0.4, -0.2) is 27.6 Å². The fourth-order valence-electron chi connectivity index (χ4n) is 1.61. The van der Waals surface area contributed by atoms with E-state index in [0.717, 1.165) is 0 Å². The molecule has 6 heteroatoms. The molecule has 1 aromatic rings. The highest BCUT2D eigenvalue weighted by Crippen LogP contribution is 2.30. The van der Waals surface area contributed by atoms with Crippen molar-refractivity contribution in [1.82, 2.24) is 9.78 Å². The van der Waals surface area contributed by atoms with Gasteiger partial charge in [0.25, 0.3) is 5.91 Å². The molecule has 1 N–H and O–H groups in total. The Balaban J connectivity index is 1.90. The molecular weight excluding hydrogens is 213 g/mol. The largest absolute Gasteiger partial charge is 0.303 e. The third kappa shape index (κ3) is 2.10. The Morgan fingerprint density at radius 3 is 2.75 bits per heavy atom. The van der Waals surface area contributed by atoms with Gasteiger partial charge in [0.1, 0.15) is 6.17 Å². The average Bonchev–Trinajstić information content (AvgIpc) is 2.58. The van der Waals surface area contributed by atoms with Crippen LogP contribution in [0.5, 0.6) is 0 Å². The summed E-state index contributed by atoms with van der Waals surface area (Å²) >= 11 is 0. The predicted octanol–water partition coefficient (Wildman–Crippen LogP) is 0.676. The Labute approximate surface area is 91.6 Å². The average molecular weight is 225 g/mol. The fraction of sp³-hybridized carbons (Fsp3) is 0.500. The third-order valence-corrected chi connectivity index (χ3v) is 2.63. The molecule has 1 aromatic heterocycles. The van der Waals surface area contributed by atoms with E-state index in [1.807, 2.05) is 0 Å². The van der Waals surface area contributed by atoms with Crippen molar-refractivity contribution in [3.63, 3.8) is 0 Å². The number of nitrogens with one attached hydrogen (secondary N) is 1. The second kappa shape index (κ2) is 4.03. The molecule has 0 spiro atoms. The molecule has 0 aliphatic heterocycles. The van der Waals surface area contributed by atoms with Crippen LogP contribution in [0.4, 0.5) is 10.2 Å². The van der Waals surface area contributed by atoms with Gasteiger partial charge in [0, 0.05) is 25.2 Å². The minimum atomic E-state index is -0.934.